The second-order valence-electron chi connectivity index (χ2n) is 9.96. The van der Waals surface area contributed by atoms with Gasteiger partial charge in [-0.15, -0.1) is 0 Å². The lowest BCUT2D eigenvalue weighted by atomic mass is 9.97. The van der Waals surface area contributed by atoms with Gasteiger partial charge in [-0.05, 0) is 71.0 Å². The number of methoxy groups -OCH3 is 1. The topological polar surface area (TPSA) is 109 Å². The van der Waals surface area contributed by atoms with Crippen LogP contribution in [0.5, 0.6) is 0 Å². The van der Waals surface area contributed by atoms with E-state index in [1.165, 1.54) is 12.5 Å². The Morgan fingerprint density at radius 3 is 2.37 bits per heavy atom. The van der Waals surface area contributed by atoms with Crippen LogP contribution in [0.3, 0.4) is 0 Å². The third-order valence-electron chi connectivity index (χ3n) is 6.83. The minimum Gasteiger partial charge on any atom is -0.469 e. The molecule has 4 rings (SSSR count). The van der Waals surface area contributed by atoms with Crippen LogP contribution < -0.4 is 16.0 Å². The van der Waals surface area contributed by atoms with Crippen LogP contribution >= 0.6 is 0 Å². The third-order valence-corrected chi connectivity index (χ3v) is 6.83. The molecule has 41 heavy (non-hydrogen) atoms. The standard InChI is InChI=1S/C33H36N4O4/c1-23-16-18-35-30(19-23)34-17-6-5-9-31(38)36-22-32(39)37-29(21-33(40)41-2)26-13-10-25(11-14-26)28-15-12-24-7-3-4-8-27(24)20-28/h3-4,7-8,10-16,18-20,29H,5-6,9,17,21-22H2,1-2H3,(H,34,35)(H,36,38)(H,37,39). The summed E-state index contributed by atoms with van der Waals surface area (Å²) in [6.07, 6.45) is 3.53. The van der Waals surface area contributed by atoms with Gasteiger partial charge in [-0.25, -0.2) is 4.98 Å². The van der Waals surface area contributed by atoms with E-state index in [2.05, 4.69) is 51.3 Å². The maximum absolute atomic E-state index is 12.7. The molecule has 1 aromatic heterocycles. The van der Waals surface area contributed by atoms with Gasteiger partial charge in [0.1, 0.15) is 5.82 Å². The molecule has 2 amide bonds. The summed E-state index contributed by atoms with van der Waals surface area (Å²) in [5.41, 5.74) is 4.01. The highest BCUT2D eigenvalue weighted by Gasteiger charge is 2.19. The van der Waals surface area contributed by atoms with Gasteiger partial charge in [0.2, 0.25) is 11.8 Å². The van der Waals surface area contributed by atoms with E-state index >= 15 is 0 Å². The number of unbranched alkanes of at least 4 members (excludes halogenated alkanes) is 1. The van der Waals surface area contributed by atoms with Crippen molar-refractivity contribution in [1.82, 2.24) is 15.6 Å². The number of aryl methyl sites for hydroxylation is 1. The summed E-state index contributed by atoms with van der Waals surface area (Å²) in [5.74, 6) is -0.195. The summed E-state index contributed by atoms with van der Waals surface area (Å²) in [7, 11) is 1.32. The lowest BCUT2D eigenvalue weighted by molar-refractivity contribution is -0.141. The van der Waals surface area contributed by atoms with Crippen LogP contribution in [0.4, 0.5) is 5.82 Å². The number of fused-ring (bicyclic) bond motifs is 1. The van der Waals surface area contributed by atoms with Gasteiger partial charge in [-0.3, -0.25) is 14.4 Å². The molecular formula is C33H36N4O4. The SMILES string of the molecule is COC(=O)CC(NC(=O)CNC(=O)CCCCNc1cc(C)ccn1)c1ccc(-c2ccc3ccccc3c2)cc1. The van der Waals surface area contributed by atoms with Gasteiger partial charge in [-0.2, -0.15) is 0 Å². The minimum atomic E-state index is -0.584. The van der Waals surface area contributed by atoms with Crippen molar-refractivity contribution in [2.75, 3.05) is 25.5 Å². The molecule has 0 saturated heterocycles. The number of carbonyl (C=O) groups is 3. The fourth-order valence-corrected chi connectivity index (χ4v) is 4.55. The van der Waals surface area contributed by atoms with E-state index in [1.807, 2.05) is 55.5 Å². The van der Waals surface area contributed by atoms with Crippen molar-refractivity contribution in [1.29, 1.82) is 0 Å². The van der Waals surface area contributed by atoms with E-state index in [1.54, 1.807) is 6.20 Å². The maximum atomic E-state index is 12.7. The largest absolute Gasteiger partial charge is 0.469 e. The second-order valence-corrected chi connectivity index (χ2v) is 9.96. The Morgan fingerprint density at radius 2 is 1.61 bits per heavy atom. The number of nitrogens with one attached hydrogen (secondary N) is 3. The van der Waals surface area contributed by atoms with E-state index < -0.39 is 12.0 Å². The van der Waals surface area contributed by atoms with Crippen molar-refractivity contribution in [2.24, 2.45) is 0 Å². The predicted octanol–water partition coefficient (Wildman–Crippen LogP) is 5.33. The first-order valence-electron chi connectivity index (χ1n) is 13.8. The smallest absolute Gasteiger partial charge is 0.307 e. The van der Waals surface area contributed by atoms with Gasteiger partial charge in [0.05, 0.1) is 26.1 Å². The number of nitrogens with zero attached hydrogens (tertiary/aromatic N) is 1. The molecular weight excluding hydrogens is 516 g/mol. The highest BCUT2D eigenvalue weighted by molar-refractivity contribution is 5.87. The molecule has 0 aliphatic rings. The van der Waals surface area contributed by atoms with Crippen LogP contribution in [-0.2, 0) is 19.1 Å². The Balaban J connectivity index is 1.27. The van der Waals surface area contributed by atoms with Crippen molar-refractivity contribution in [3.8, 4) is 11.1 Å². The summed E-state index contributed by atoms with van der Waals surface area (Å²) in [6, 6.07) is 25.6. The number of pyridine rings is 1. The zero-order chi connectivity index (χ0) is 29.0. The Kier molecular flexibility index (Phi) is 10.4. The third kappa shape index (κ3) is 8.89. The lowest BCUT2D eigenvalue weighted by Crippen LogP contribution is -2.39. The van der Waals surface area contributed by atoms with Crippen molar-refractivity contribution in [2.45, 2.75) is 38.6 Å². The molecule has 0 radical (unpaired) electrons. The maximum Gasteiger partial charge on any atom is 0.307 e. The number of carbonyl (C=O) groups excluding carboxylic acids is 3. The van der Waals surface area contributed by atoms with Crippen LogP contribution in [-0.4, -0.2) is 43.0 Å². The molecule has 0 aliphatic heterocycles. The molecule has 3 aromatic carbocycles. The normalized spacial score (nSPS) is 11.5. The summed E-state index contributed by atoms with van der Waals surface area (Å²) < 4.78 is 4.85. The predicted molar refractivity (Wildman–Crippen MR) is 161 cm³/mol. The van der Waals surface area contributed by atoms with Gasteiger partial charge in [-0.1, -0.05) is 60.7 Å². The van der Waals surface area contributed by atoms with Crippen LogP contribution in [0.15, 0.2) is 85.1 Å². The fraction of sp³-hybridized carbons (Fsp3) is 0.273. The number of hydrogen-bond donors (Lipinski definition) is 3. The number of aromatic nitrogens is 1. The Bertz CT molecular complexity index is 1490. The van der Waals surface area contributed by atoms with Crippen LogP contribution in [0.1, 0.15) is 42.9 Å². The first-order valence-corrected chi connectivity index (χ1v) is 13.8. The van der Waals surface area contributed by atoms with Gasteiger partial charge in [0.15, 0.2) is 0 Å². The number of hydrogen-bond acceptors (Lipinski definition) is 6. The Hall–Kier alpha value is -4.72. The average molecular weight is 553 g/mol. The molecule has 8 heteroatoms. The Labute approximate surface area is 240 Å². The highest BCUT2D eigenvalue weighted by atomic mass is 16.5. The lowest BCUT2D eigenvalue weighted by Gasteiger charge is -2.19. The van der Waals surface area contributed by atoms with Crippen LogP contribution in [0.2, 0.25) is 0 Å². The zero-order valence-electron chi connectivity index (χ0n) is 23.5. The van der Waals surface area contributed by atoms with E-state index in [0.29, 0.717) is 19.4 Å². The Morgan fingerprint density at radius 1 is 0.854 bits per heavy atom. The number of amides is 2. The summed E-state index contributed by atoms with van der Waals surface area (Å²) in [4.78, 5) is 41.3. The van der Waals surface area contributed by atoms with Gasteiger partial charge < -0.3 is 20.7 Å². The molecule has 0 bridgehead atoms. The quantitative estimate of drug-likeness (QED) is 0.153. The number of anilines is 1. The summed E-state index contributed by atoms with van der Waals surface area (Å²) in [6.45, 7) is 2.55. The molecule has 3 N–H and O–H groups in total. The first-order chi connectivity index (χ1) is 19.9. The first kappa shape index (κ1) is 29.3. The molecule has 1 atom stereocenters. The molecule has 0 aliphatic carbocycles. The average Bonchev–Trinajstić information content (AvgIpc) is 2.99. The number of ether oxygens (including phenoxy) is 1. The molecule has 0 fully saturated rings. The summed E-state index contributed by atoms with van der Waals surface area (Å²) >= 11 is 0. The van der Waals surface area contributed by atoms with Crippen LogP contribution in [0.25, 0.3) is 21.9 Å². The molecule has 1 heterocycles. The molecule has 8 nitrogen and oxygen atoms in total. The second kappa shape index (κ2) is 14.6. The van der Waals surface area contributed by atoms with E-state index in [9.17, 15) is 14.4 Å². The zero-order valence-corrected chi connectivity index (χ0v) is 23.5. The summed E-state index contributed by atoms with van der Waals surface area (Å²) in [5, 5.41) is 11.1. The van der Waals surface area contributed by atoms with Crippen molar-refractivity contribution >= 4 is 34.4 Å². The van der Waals surface area contributed by atoms with E-state index in [-0.39, 0.29) is 24.8 Å². The van der Waals surface area contributed by atoms with Crippen molar-refractivity contribution < 1.29 is 19.1 Å². The number of benzene rings is 3. The van der Waals surface area contributed by atoms with Gasteiger partial charge >= 0.3 is 5.97 Å². The van der Waals surface area contributed by atoms with E-state index in [0.717, 1.165) is 39.9 Å². The molecule has 212 valence electrons. The fourth-order valence-electron chi connectivity index (χ4n) is 4.55. The molecule has 4 aromatic rings. The highest BCUT2D eigenvalue weighted by Crippen LogP contribution is 2.27. The van der Waals surface area contributed by atoms with E-state index in [4.69, 9.17) is 4.74 Å². The van der Waals surface area contributed by atoms with Gasteiger partial charge in [0.25, 0.3) is 0 Å². The molecule has 0 spiro atoms. The minimum absolute atomic E-state index is 0.0195. The van der Waals surface area contributed by atoms with Crippen molar-refractivity contribution in [3.63, 3.8) is 0 Å². The van der Waals surface area contributed by atoms with Crippen molar-refractivity contribution in [3.05, 3.63) is 96.2 Å². The number of esters is 1. The molecule has 1 unspecified atom stereocenters. The van der Waals surface area contributed by atoms with Gasteiger partial charge in [0, 0.05) is 19.2 Å². The number of rotatable bonds is 13. The van der Waals surface area contributed by atoms with Crippen LogP contribution in [0, 0.1) is 6.92 Å². The monoisotopic (exact) mass is 552 g/mol. The molecule has 0 saturated carbocycles.